The molecule has 1 aliphatic rings. The zero-order chi connectivity index (χ0) is 10.9. The largest absolute Gasteiger partial charge is 0.487 e. The van der Waals surface area contributed by atoms with Crippen molar-refractivity contribution in [1.82, 2.24) is 0 Å². The second-order valence-corrected chi connectivity index (χ2v) is 4.46. The lowest BCUT2D eigenvalue weighted by molar-refractivity contribution is 0.138. The summed E-state index contributed by atoms with van der Waals surface area (Å²) in [6.07, 6.45) is 4.58. The van der Waals surface area contributed by atoms with Crippen LogP contribution in [0.2, 0.25) is 0 Å². The van der Waals surface area contributed by atoms with Crippen molar-refractivity contribution in [3.05, 3.63) is 35.4 Å². The molecular formula is C13H16O2. The van der Waals surface area contributed by atoms with Crippen LogP contribution in [-0.2, 0) is 6.42 Å². The van der Waals surface area contributed by atoms with Crippen molar-refractivity contribution in [1.29, 1.82) is 0 Å². The van der Waals surface area contributed by atoms with Crippen LogP contribution in [0.4, 0.5) is 0 Å². The third kappa shape index (κ3) is 2.05. The topological polar surface area (TPSA) is 29.5 Å². The lowest BCUT2D eigenvalue weighted by atomic mass is 10.0. The van der Waals surface area contributed by atoms with Crippen molar-refractivity contribution < 1.29 is 9.84 Å². The van der Waals surface area contributed by atoms with Gasteiger partial charge in [-0.1, -0.05) is 30.4 Å². The van der Waals surface area contributed by atoms with Crippen LogP contribution < -0.4 is 4.74 Å². The molecule has 0 bridgehead atoms. The van der Waals surface area contributed by atoms with Gasteiger partial charge in [-0.05, 0) is 19.4 Å². The summed E-state index contributed by atoms with van der Waals surface area (Å²) in [5.41, 5.74) is 2.19. The number of aliphatic hydroxyl groups excluding tert-OH is 1. The Morgan fingerprint density at radius 1 is 1.47 bits per heavy atom. The SMILES string of the molecule is CC1(C)Cc2cccc(C=CCO)c2O1. The summed E-state index contributed by atoms with van der Waals surface area (Å²) in [5, 5.41) is 8.75. The van der Waals surface area contributed by atoms with Gasteiger partial charge in [-0.2, -0.15) is 0 Å². The van der Waals surface area contributed by atoms with Crippen LogP contribution >= 0.6 is 0 Å². The van der Waals surface area contributed by atoms with E-state index in [0.29, 0.717) is 0 Å². The molecule has 1 N–H and O–H groups in total. The van der Waals surface area contributed by atoms with Crippen LogP contribution in [0, 0.1) is 0 Å². The van der Waals surface area contributed by atoms with Gasteiger partial charge in [-0.15, -0.1) is 0 Å². The number of hydrogen-bond donors (Lipinski definition) is 1. The molecule has 0 aromatic heterocycles. The zero-order valence-corrected chi connectivity index (χ0v) is 9.16. The normalized spacial score (nSPS) is 17.8. The quantitative estimate of drug-likeness (QED) is 0.801. The molecule has 0 fully saturated rings. The van der Waals surface area contributed by atoms with Gasteiger partial charge in [-0.3, -0.25) is 0 Å². The summed E-state index contributed by atoms with van der Waals surface area (Å²) in [6, 6.07) is 6.13. The second-order valence-electron chi connectivity index (χ2n) is 4.46. The summed E-state index contributed by atoms with van der Waals surface area (Å²) in [4.78, 5) is 0. The van der Waals surface area contributed by atoms with E-state index in [0.717, 1.165) is 17.7 Å². The average Bonchev–Trinajstić information content (AvgIpc) is 2.49. The first-order chi connectivity index (χ1) is 7.12. The van der Waals surface area contributed by atoms with Crippen LogP contribution in [-0.4, -0.2) is 17.3 Å². The van der Waals surface area contributed by atoms with Crippen molar-refractivity contribution in [3.63, 3.8) is 0 Å². The summed E-state index contributed by atoms with van der Waals surface area (Å²) in [7, 11) is 0. The highest BCUT2D eigenvalue weighted by Gasteiger charge is 2.30. The van der Waals surface area contributed by atoms with Crippen LogP contribution in [0.25, 0.3) is 6.08 Å². The van der Waals surface area contributed by atoms with E-state index in [4.69, 9.17) is 9.84 Å². The molecular weight excluding hydrogens is 188 g/mol. The first kappa shape index (κ1) is 10.2. The van der Waals surface area contributed by atoms with E-state index in [9.17, 15) is 0 Å². The third-order valence-corrected chi connectivity index (χ3v) is 2.52. The summed E-state index contributed by atoms with van der Waals surface area (Å²) < 4.78 is 5.89. The monoisotopic (exact) mass is 204 g/mol. The Morgan fingerprint density at radius 3 is 3.00 bits per heavy atom. The molecule has 2 rings (SSSR count). The van der Waals surface area contributed by atoms with E-state index in [1.165, 1.54) is 5.56 Å². The van der Waals surface area contributed by atoms with Crippen molar-refractivity contribution in [2.24, 2.45) is 0 Å². The number of fused-ring (bicyclic) bond motifs is 1. The van der Waals surface area contributed by atoms with E-state index in [1.807, 2.05) is 18.2 Å². The maximum atomic E-state index is 8.75. The minimum absolute atomic E-state index is 0.0626. The fourth-order valence-electron chi connectivity index (χ4n) is 1.95. The van der Waals surface area contributed by atoms with Gasteiger partial charge >= 0.3 is 0 Å². The van der Waals surface area contributed by atoms with Gasteiger partial charge in [0.1, 0.15) is 11.4 Å². The maximum Gasteiger partial charge on any atom is 0.130 e. The Balaban J connectivity index is 2.37. The number of hydrogen-bond acceptors (Lipinski definition) is 2. The Kier molecular flexibility index (Phi) is 2.53. The molecule has 15 heavy (non-hydrogen) atoms. The Bertz CT molecular complexity index is 392. The van der Waals surface area contributed by atoms with Crippen molar-refractivity contribution >= 4 is 6.08 Å². The Hall–Kier alpha value is -1.28. The van der Waals surface area contributed by atoms with Crippen LogP contribution in [0.3, 0.4) is 0 Å². The smallest absolute Gasteiger partial charge is 0.130 e. The van der Waals surface area contributed by atoms with E-state index in [-0.39, 0.29) is 12.2 Å². The molecule has 80 valence electrons. The van der Waals surface area contributed by atoms with Crippen molar-refractivity contribution in [2.45, 2.75) is 25.9 Å². The van der Waals surface area contributed by atoms with Gasteiger partial charge in [0, 0.05) is 12.0 Å². The van der Waals surface area contributed by atoms with Gasteiger partial charge in [-0.25, -0.2) is 0 Å². The number of para-hydroxylation sites is 1. The zero-order valence-electron chi connectivity index (χ0n) is 9.16. The van der Waals surface area contributed by atoms with E-state index in [1.54, 1.807) is 6.08 Å². The molecule has 0 atom stereocenters. The maximum absolute atomic E-state index is 8.75. The lowest BCUT2D eigenvalue weighted by Crippen LogP contribution is -2.24. The molecule has 1 aliphatic heterocycles. The molecule has 1 heterocycles. The molecule has 0 spiro atoms. The number of benzene rings is 1. The van der Waals surface area contributed by atoms with Crippen LogP contribution in [0.5, 0.6) is 5.75 Å². The lowest BCUT2D eigenvalue weighted by Gasteiger charge is -2.17. The van der Waals surface area contributed by atoms with E-state index in [2.05, 4.69) is 19.9 Å². The fraction of sp³-hybridized carbons (Fsp3) is 0.385. The average molecular weight is 204 g/mol. The number of rotatable bonds is 2. The van der Waals surface area contributed by atoms with Gasteiger partial charge in [0.2, 0.25) is 0 Å². The van der Waals surface area contributed by atoms with Gasteiger partial charge in [0.25, 0.3) is 0 Å². The Morgan fingerprint density at radius 2 is 2.27 bits per heavy atom. The Labute approximate surface area is 90.2 Å². The van der Waals surface area contributed by atoms with E-state index >= 15 is 0 Å². The minimum Gasteiger partial charge on any atom is -0.487 e. The highest BCUT2D eigenvalue weighted by molar-refractivity contribution is 5.61. The number of ether oxygens (including phenoxy) is 1. The van der Waals surface area contributed by atoms with Crippen LogP contribution in [0.15, 0.2) is 24.3 Å². The molecule has 0 saturated carbocycles. The molecule has 1 aromatic carbocycles. The fourth-order valence-corrected chi connectivity index (χ4v) is 1.95. The molecule has 0 unspecified atom stereocenters. The number of aliphatic hydroxyl groups is 1. The highest BCUT2D eigenvalue weighted by atomic mass is 16.5. The predicted molar refractivity (Wildman–Crippen MR) is 61.0 cm³/mol. The standard InChI is InChI=1S/C13H16O2/c1-13(2)9-11-6-3-5-10(7-4-8-14)12(11)15-13/h3-7,14H,8-9H2,1-2H3. The molecule has 0 radical (unpaired) electrons. The molecule has 0 amide bonds. The van der Waals surface area contributed by atoms with Gasteiger partial charge in [0.05, 0.1) is 6.61 Å². The molecule has 2 heteroatoms. The molecule has 1 aromatic rings. The minimum atomic E-state index is -0.106. The second kappa shape index (κ2) is 3.70. The van der Waals surface area contributed by atoms with E-state index < -0.39 is 0 Å². The summed E-state index contributed by atoms with van der Waals surface area (Å²) in [5.74, 6) is 0.965. The highest BCUT2D eigenvalue weighted by Crippen LogP contribution is 2.37. The van der Waals surface area contributed by atoms with Gasteiger partial charge in [0.15, 0.2) is 0 Å². The van der Waals surface area contributed by atoms with Crippen LogP contribution in [0.1, 0.15) is 25.0 Å². The summed E-state index contributed by atoms with van der Waals surface area (Å²) in [6.45, 7) is 4.24. The molecule has 2 nitrogen and oxygen atoms in total. The first-order valence-corrected chi connectivity index (χ1v) is 5.21. The van der Waals surface area contributed by atoms with Crippen molar-refractivity contribution in [2.75, 3.05) is 6.61 Å². The summed E-state index contributed by atoms with van der Waals surface area (Å²) >= 11 is 0. The third-order valence-electron chi connectivity index (χ3n) is 2.52. The van der Waals surface area contributed by atoms with Crippen molar-refractivity contribution in [3.8, 4) is 5.75 Å². The predicted octanol–water partition coefficient (Wildman–Crippen LogP) is 2.41. The van der Waals surface area contributed by atoms with Gasteiger partial charge < -0.3 is 9.84 Å². The first-order valence-electron chi connectivity index (χ1n) is 5.21. The molecule has 0 aliphatic carbocycles. The molecule has 0 saturated heterocycles.